The van der Waals surface area contributed by atoms with E-state index in [1.54, 1.807) is 0 Å². The molecule has 0 radical (unpaired) electrons. The average Bonchev–Trinajstić information content (AvgIpc) is 3.45. The molecular formula is C19H26FN3O4S. The van der Waals surface area contributed by atoms with E-state index in [0.717, 1.165) is 25.3 Å². The van der Waals surface area contributed by atoms with Gasteiger partial charge in [0, 0.05) is 26.2 Å². The molecule has 7 nitrogen and oxygen atoms in total. The Morgan fingerprint density at radius 3 is 2.50 bits per heavy atom. The highest BCUT2D eigenvalue weighted by molar-refractivity contribution is 7.89. The van der Waals surface area contributed by atoms with Gasteiger partial charge >= 0.3 is 0 Å². The minimum atomic E-state index is -3.78. The van der Waals surface area contributed by atoms with Crippen molar-refractivity contribution in [2.45, 2.75) is 49.5 Å². The predicted octanol–water partition coefficient (Wildman–Crippen LogP) is 1.40. The molecule has 28 heavy (non-hydrogen) atoms. The smallest absolute Gasteiger partial charge is 0.243 e. The van der Waals surface area contributed by atoms with Gasteiger partial charge in [-0.15, -0.1) is 0 Å². The maximum absolute atomic E-state index is 13.5. The largest absolute Gasteiger partial charge is 0.358 e. The molecule has 2 saturated carbocycles. The quantitative estimate of drug-likeness (QED) is 0.474. The Balaban J connectivity index is 1.58. The Morgan fingerprint density at radius 1 is 1.25 bits per heavy atom. The second kappa shape index (κ2) is 8.16. The molecule has 0 bridgehead atoms. The van der Waals surface area contributed by atoms with E-state index >= 15 is 0 Å². The molecule has 2 aliphatic carbocycles. The first-order chi connectivity index (χ1) is 13.3. The zero-order valence-electron chi connectivity index (χ0n) is 15.9. The first kappa shape index (κ1) is 20.7. The lowest BCUT2D eigenvalue weighted by molar-refractivity contribution is -0.149. The predicted molar refractivity (Wildman–Crippen MR) is 101 cm³/mol. The Morgan fingerprint density at radius 2 is 1.96 bits per heavy atom. The lowest BCUT2D eigenvalue weighted by Gasteiger charge is -2.38. The Kier molecular flexibility index (Phi) is 6.04. The number of nitrogens with one attached hydrogen (secondary N) is 2. The van der Waals surface area contributed by atoms with Gasteiger partial charge in [-0.05, 0) is 50.3 Å². The number of nitrogens with zero attached hydrogens (tertiary/aromatic N) is 1. The van der Waals surface area contributed by atoms with Crippen molar-refractivity contribution < 1.29 is 22.4 Å². The van der Waals surface area contributed by atoms with Gasteiger partial charge in [-0.1, -0.05) is 12.5 Å². The highest BCUT2D eigenvalue weighted by Gasteiger charge is 2.50. The van der Waals surface area contributed by atoms with E-state index < -0.39 is 21.3 Å². The third-order valence-electron chi connectivity index (χ3n) is 5.50. The number of carbonyl (C=O) groups excluding carboxylic acids is 2. The van der Waals surface area contributed by atoms with Gasteiger partial charge < -0.3 is 10.6 Å². The van der Waals surface area contributed by atoms with Crippen molar-refractivity contribution in [1.82, 2.24) is 14.9 Å². The van der Waals surface area contributed by atoms with Crippen LogP contribution in [0.4, 0.5) is 4.39 Å². The molecular weight excluding hydrogens is 385 g/mol. The van der Waals surface area contributed by atoms with Crippen LogP contribution in [0.15, 0.2) is 29.2 Å². The van der Waals surface area contributed by atoms with Crippen LogP contribution in [0.25, 0.3) is 0 Å². The first-order valence-corrected chi connectivity index (χ1v) is 11.0. The maximum Gasteiger partial charge on any atom is 0.243 e. The number of carbonyl (C=O) groups is 2. The van der Waals surface area contributed by atoms with E-state index in [1.807, 2.05) is 0 Å². The van der Waals surface area contributed by atoms with Crippen LogP contribution in [0.3, 0.4) is 0 Å². The fourth-order valence-electron chi connectivity index (χ4n) is 3.56. The van der Waals surface area contributed by atoms with Crippen LogP contribution in [0, 0.1) is 11.2 Å². The molecule has 2 fully saturated rings. The van der Waals surface area contributed by atoms with Gasteiger partial charge in [0.15, 0.2) is 0 Å². The zero-order chi connectivity index (χ0) is 20.4. The molecule has 2 N–H and O–H groups in total. The number of hydrogen-bond donors (Lipinski definition) is 2. The minimum Gasteiger partial charge on any atom is -0.358 e. The van der Waals surface area contributed by atoms with Crippen LogP contribution < -0.4 is 10.6 Å². The van der Waals surface area contributed by atoms with Crippen LogP contribution in [0.1, 0.15) is 38.5 Å². The number of hydrogen-bond acceptors (Lipinski definition) is 4. The monoisotopic (exact) mass is 411 g/mol. The molecule has 9 heteroatoms. The number of amides is 2. The summed E-state index contributed by atoms with van der Waals surface area (Å²) in [7, 11) is -2.27. The summed E-state index contributed by atoms with van der Waals surface area (Å²) >= 11 is 0. The number of sulfonamides is 1. The molecule has 3 rings (SSSR count). The summed E-state index contributed by atoms with van der Waals surface area (Å²) in [4.78, 5) is 24.4. The average molecular weight is 411 g/mol. The standard InChI is InChI=1S/C19H26FN3O4S/c1-21-17(24)19(9-3-10-19)18(25)22-11-4-12-23(15-7-8-15)28(26,27)16-6-2-5-14(20)13-16/h2,5-6,13,15H,3-4,7-12H2,1H3,(H,21,24)(H,22,25). The lowest BCUT2D eigenvalue weighted by atomic mass is 9.67. The summed E-state index contributed by atoms with van der Waals surface area (Å²) in [6.45, 7) is 0.510. The van der Waals surface area contributed by atoms with Gasteiger partial charge in [-0.25, -0.2) is 12.8 Å². The van der Waals surface area contributed by atoms with Gasteiger partial charge in [-0.2, -0.15) is 4.31 Å². The fraction of sp³-hybridized carbons (Fsp3) is 0.579. The van der Waals surface area contributed by atoms with E-state index in [4.69, 9.17) is 0 Å². The number of halogens is 1. The molecule has 1 aromatic carbocycles. The molecule has 154 valence electrons. The number of benzene rings is 1. The summed E-state index contributed by atoms with van der Waals surface area (Å²) in [5, 5.41) is 5.32. The van der Waals surface area contributed by atoms with E-state index in [0.29, 0.717) is 19.3 Å². The van der Waals surface area contributed by atoms with Gasteiger partial charge in [0.05, 0.1) is 4.90 Å². The van der Waals surface area contributed by atoms with Gasteiger partial charge in [0.25, 0.3) is 0 Å². The molecule has 0 saturated heterocycles. The molecule has 0 aliphatic heterocycles. The third-order valence-corrected chi connectivity index (χ3v) is 7.45. The first-order valence-electron chi connectivity index (χ1n) is 9.59. The Hall–Kier alpha value is -2.00. The van der Waals surface area contributed by atoms with Crippen LogP contribution in [-0.4, -0.2) is 50.7 Å². The van der Waals surface area contributed by atoms with Crippen molar-refractivity contribution in [3.05, 3.63) is 30.1 Å². The number of rotatable bonds is 9. The molecule has 0 aromatic heterocycles. The molecule has 0 unspecified atom stereocenters. The van der Waals surface area contributed by atoms with Crippen LogP contribution in [0.5, 0.6) is 0 Å². The van der Waals surface area contributed by atoms with Crippen molar-refractivity contribution in [2.24, 2.45) is 5.41 Å². The molecule has 2 aliphatic rings. The van der Waals surface area contributed by atoms with Crippen molar-refractivity contribution in [1.29, 1.82) is 0 Å². The SMILES string of the molecule is CNC(=O)C1(C(=O)NCCCN(C2CC2)S(=O)(=O)c2cccc(F)c2)CCC1. The zero-order valence-corrected chi connectivity index (χ0v) is 16.7. The van der Waals surface area contributed by atoms with E-state index in [1.165, 1.54) is 29.6 Å². The van der Waals surface area contributed by atoms with Crippen molar-refractivity contribution >= 4 is 21.8 Å². The summed E-state index contributed by atoms with van der Waals surface area (Å²) in [6.07, 6.45) is 3.87. The van der Waals surface area contributed by atoms with Gasteiger partial charge in [0.1, 0.15) is 11.2 Å². The molecule has 2 amide bonds. The molecule has 0 atom stereocenters. The van der Waals surface area contributed by atoms with Crippen LogP contribution in [0.2, 0.25) is 0 Å². The van der Waals surface area contributed by atoms with Crippen molar-refractivity contribution in [3.63, 3.8) is 0 Å². The van der Waals surface area contributed by atoms with E-state index in [9.17, 15) is 22.4 Å². The second-order valence-corrected chi connectivity index (χ2v) is 9.32. The van der Waals surface area contributed by atoms with E-state index in [-0.39, 0.29) is 35.8 Å². The third kappa shape index (κ3) is 4.05. The highest BCUT2D eigenvalue weighted by atomic mass is 32.2. The molecule has 0 spiro atoms. The van der Waals surface area contributed by atoms with Gasteiger partial charge in [0.2, 0.25) is 21.8 Å². The highest BCUT2D eigenvalue weighted by Crippen LogP contribution is 2.41. The summed E-state index contributed by atoms with van der Waals surface area (Å²) in [6, 6.07) is 4.92. The summed E-state index contributed by atoms with van der Waals surface area (Å²) in [5.41, 5.74) is -0.988. The van der Waals surface area contributed by atoms with Crippen molar-refractivity contribution in [3.8, 4) is 0 Å². The summed E-state index contributed by atoms with van der Waals surface area (Å²) in [5.74, 6) is -1.17. The van der Waals surface area contributed by atoms with Crippen molar-refractivity contribution in [2.75, 3.05) is 20.1 Å². The molecule has 1 aromatic rings. The second-order valence-electron chi connectivity index (χ2n) is 7.43. The maximum atomic E-state index is 13.5. The molecule has 0 heterocycles. The minimum absolute atomic E-state index is 0.0588. The Labute approximate surface area is 164 Å². The topological polar surface area (TPSA) is 95.6 Å². The lowest BCUT2D eigenvalue weighted by Crippen LogP contribution is -2.54. The van der Waals surface area contributed by atoms with Crippen LogP contribution in [-0.2, 0) is 19.6 Å². The van der Waals surface area contributed by atoms with Crippen LogP contribution >= 0.6 is 0 Å². The Bertz CT molecular complexity index is 850. The normalized spacial score (nSPS) is 18.4. The van der Waals surface area contributed by atoms with Gasteiger partial charge in [-0.3, -0.25) is 9.59 Å². The fourth-order valence-corrected chi connectivity index (χ4v) is 5.31. The van der Waals surface area contributed by atoms with E-state index in [2.05, 4.69) is 10.6 Å². The summed E-state index contributed by atoms with van der Waals surface area (Å²) < 4.78 is 40.6.